The molecular formula is C10H20N2O3. The number of rotatable bonds is 5. The largest absolute Gasteiger partial charge is 0.480 e. The van der Waals surface area contributed by atoms with Crippen LogP contribution in [0.2, 0.25) is 0 Å². The SMILES string of the molecule is CC(C)C(C)(C)CNC(=O)C(N)C(=O)O. The van der Waals surface area contributed by atoms with Crippen LogP contribution < -0.4 is 11.1 Å². The minimum Gasteiger partial charge on any atom is -0.480 e. The minimum atomic E-state index is -1.48. The van der Waals surface area contributed by atoms with Crippen molar-refractivity contribution in [3.8, 4) is 0 Å². The van der Waals surface area contributed by atoms with Gasteiger partial charge in [0.25, 0.3) is 0 Å². The highest BCUT2D eigenvalue weighted by molar-refractivity contribution is 6.00. The number of hydrogen-bond donors (Lipinski definition) is 3. The normalized spacial score (nSPS) is 13.7. The summed E-state index contributed by atoms with van der Waals surface area (Å²) < 4.78 is 0. The molecule has 0 aromatic carbocycles. The topological polar surface area (TPSA) is 92.4 Å². The first-order chi connectivity index (χ1) is 6.68. The van der Waals surface area contributed by atoms with Gasteiger partial charge in [0.1, 0.15) is 0 Å². The standard InChI is InChI=1S/C10H20N2O3/c1-6(2)10(3,4)5-12-8(13)7(11)9(14)15/h6-7H,5,11H2,1-4H3,(H,12,13)(H,14,15). The van der Waals surface area contributed by atoms with Gasteiger partial charge in [-0.1, -0.05) is 27.7 Å². The van der Waals surface area contributed by atoms with E-state index in [4.69, 9.17) is 10.8 Å². The van der Waals surface area contributed by atoms with Crippen LogP contribution in [0.15, 0.2) is 0 Å². The van der Waals surface area contributed by atoms with Crippen molar-refractivity contribution in [2.24, 2.45) is 17.1 Å². The maximum atomic E-state index is 11.2. The van der Waals surface area contributed by atoms with E-state index in [9.17, 15) is 9.59 Å². The quantitative estimate of drug-likeness (QED) is 0.572. The summed E-state index contributed by atoms with van der Waals surface area (Å²) in [5.74, 6) is -1.56. The second-order valence-corrected chi connectivity index (χ2v) is 4.68. The molecule has 4 N–H and O–H groups in total. The molecule has 0 aliphatic rings. The van der Waals surface area contributed by atoms with Gasteiger partial charge in [0.15, 0.2) is 6.04 Å². The third kappa shape index (κ3) is 4.29. The van der Waals surface area contributed by atoms with Crippen LogP contribution in [0.5, 0.6) is 0 Å². The molecule has 0 aliphatic carbocycles. The molecule has 0 fully saturated rings. The number of carbonyl (C=O) groups excluding carboxylic acids is 1. The van der Waals surface area contributed by atoms with Crippen molar-refractivity contribution >= 4 is 11.9 Å². The summed E-state index contributed by atoms with van der Waals surface area (Å²) >= 11 is 0. The summed E-state index contributed by atoms with van der Waals surface area (Å²) in [4.78, 5) is 21.7. The Morgan fingerprint density at radius 2 is 1.87 bits per heavy atom. The van der Waals surface area contributed by atoms with Crippen LogP contribution in [0.1, 0.15) is 27.7 Å². The maximum Gasteiger partial charge on any atom is 0.330 e. The molecule has 0 bridgehead atoms. The van der Waals surface area contributed by atoms with E-state index in [1.807, 2.05) is 27.7 Å². The highest BCUT2D eigenvalue weighted by atomic mass is 16.4. The number of hydrogen-bond acceptors (Lipinski definition) is 3. The summed E-state index contributed by atoms with van der Waals surface area (Å²) in [5.41, 5.74) is 5.08. The van der Waals surface area contributed by atoms with E-state index in [-0.39, 0.29) is 5.41 Å². The monoisotopic (exact) mass is 216 g/mol. The summed E-state index contributed by atoms with van der Waals surface area (Å²) in [6.45, 7) is 8.52. The molecule has 0 radical (unpaired) electrons. The first-order valence-electron chi connectivity index (χ1n) is 4.94. The zero-order valence-corrected chi connectivity index (χ0v) is 9.70. The van der Waals surface area contributed by atoms with Crippen LogP contribution in [0.25, 0.3) is 0 Å². The maximum absolute atomic E-state index is 11.2. The Kier molecular flexibility index (Phi) is 4.74. The van der Waals surface area contributed by atoms with Gasteiger partial charge in [-0.25, -0.2) is 4.79 Å². The van der Waals surface area contributed by atoms with Crippen molar-refractivity contribution < 1.29 is 14.7 Å². The molecule has 88 valence electrons. The van der Waals surface area contributed by atoms with Crippen molar-refractivity contribution in [2.45, 2.75) is 33.7 Å². The van der Waals surface area contributed by atoms with Crippen molar-refractivity contribution in [2.75, 3.05) is 6.54 Å². The third-order valence-corrected chi connectivity index (χ3v) is 2.83. The van der Waals surface area contributed by atoms with Crippen LogP contribution in [-0.2, 0) is 9.59 Å². The van der Waals surface area contributed by atoms with E-state index in [0.29, 0.717) is 12.5 Å². The third-order valence-electron chi connectivity index (χ3n) is 2.83. The lowest BCUT2D eigenvalue weighted by atomic mass is 9.81. The van der Waals surface area contributed by atoms with Crippen molar-refractivity contribution in [3.63, 3.8) is 0 Å². The Labute approximate surface area is 90.0 Å². The van der Waals surface area contributed by atoms with Crippen molar-refractivity contribution in [1.29, 1.82) is 0 Å². The number of aliphatic carboxylic acids is 1. The van der Waals surface area contributed by atoms with Gasteiger partial charge in [0.05, 0.1) is 0 Å². The van der Waals surface area contributed by atoms with Crippen molar-refractivity contribution in [1.82, 2.24) is 5.32 Å². The molecule has 1 unspecified atom stereocenters. The van der Waals surface area contributed by atoms with E-state index >= 15 is 0 Å². The van der Waals surface area contributed by atoms with Crippen LogP contribution in [0.3, 0.4) is 0 Å². The van der Waals surface area contributed by atoms with Gasteiger partial charge in [-0.15, -0.1) is 0 Å². The van der Waals surface area contributed by atoms with Crippen LogP contribution in [-0.4, -0.2) is 29.6 Å². The molecule has 0 saturated carbocycles. The van der Waals surface area contributed by atoms with E-state index in [1.165, 1.54) is 0 Å². The lowest BCUT2D eigenvalue weighted by Crippen LogP contribution is -2.48. The van der Waals surface area contributed by atoms with Gasteiger partial charge in [0.2, 0.25) is 5.91 Å². The molecule has 1 amide bonds. The van der Waals surface area contributed by atoms with Gasteiger partial charge in [-0.2, -0.15) is 0 Å². The number of nitrogens with two attached hydrogens (primary N) is 1. The first-order valence-corrected chi connectivity index (χ1v) is 4.94. The molecule has 0 aliphatic heterocycles. The zero-order valence-electron chi connectivity index (χ0n) is 9.70. The number of carboxylic acids is 1. The second kappa shape index (κ2) is 5.11. The highest BCUT2D eigenvalue weighted by Gasteiger charge is 2.26. The summed E-state index contributed by atoms with van der Waals surface area (Å²) in [6.07, 6.45) is 0. The molecule has 0 rings (SSSR count). The fraction of sp³-hybridized carbons (Fsp3) is 0.800. The fourth-order valence-electron chi connectivity index (χ4n) is 0.741. The van der Waals surface area contributed by atoms with Crippen LogP contribution in [0.4, 0.5) is 0 Å². The molecule has 15 heavy (non-hydrogen) atoms. The summed E-state index contributed by atoms with van der Waals surface area (Å²) in [7, 11) is 0. The van der Waals surface area contributed by atoms with Gasteiger partial charge >= 0.3 is 5.97 Å². The molecule has 0 spiro atoms. The van der Waals surface area contributed by atoms with Crippen LogP contribution >= 0.6 is 0 Å². The van der Waals surface area contributed by atoms with Gasteiger partial charge in [0, 0.05) is 6.54 Å². The smallest absolute Gasteiger partial charge is 0.330 e. The summed E-state index contributed by atoms with van der Waals surface area (Å²) in [6, 6.07) is -1.48. The zero-order chi connectivity index (χ0) is 12.2. The molecule has 0 heterocycles. The van der Waals surface area contributed by atoms with E-state index in [1.54, 1.807) is 0 Å². The highest BCUT2D eigenvalue weighted by Crippen LogP contribution is 2.24. The van der Waals surface area contributed by atoms with E-state index in [2.05, 4.69) is 5.32 Å². The average Bonchev–Trinajstić information content (AvgIpc) is 2.12. The Morgan fingerprint density at radius 1 is 1.40 bits per heavy atom. The number of carbonyl (C=O) groups is 2. The number of nitrogens with one attached hydrogen (secondary N) is 1. The Bertz CT molecular complexity index is 249. The number of amides is 1. The van der Waals surface area contributed by atoms with E-state index < -0.39 is 17.9 Å². The molecule has 0 aromatic heterocycles. The average molecular weight is 216 g/mol. The van der Waals surface area contributed by atoms with Gasteiger partial charge < -0.3 is 16.2 Å². The first kappa shape index (κ1) is 13.9. The Balaban J connectivity index is 4.17. The predicted octanol–water partition coefficient (Wildman–Crippen LogP) is 0.197. The number of carboxylic acid groups (broad SMARTS) is 1. The van der Waals surface area contributed by atoms with E-state index in [0.717, 1.165) is 0 Å². The molecule has 5 heteroatoms. The molecular weight excluding hydrogens is 196 g/mol. The Hall–Kier alpha value is -1.10. The molecule has 0 saturated heterocycles. The Morgan fingerprint density at radius 3 is 2.20 bits per heavy atom. The lowest BCUT2D eigenvalue weighted by Gasteiger charge is -2.29. The second-order valence-electron chi connectivity index (χ2n) is 4.68. The van der Waals surface area contributed by atoms with Gasteiger partial charge in [-0.05, 0) is 11.3 Å². The minimum absolute atomic E-state index is 0.0755. The van der Waals surface area contributed by atoms with Gasteiger partial charge in [-0.3, -0.25) is 4.79 Å². The molecule has 1 atom stereocenters. The molecule has 5 nitrogen and oxygen atoms in total. The lowest BCUT2D eigenvalue weighted by molar-refractivity contribution is -0.142. The summed E-state index contributed by atoms with van der Waals surface area (Å²) in [5, 5.41) is 11.0. The predicted molar refractivity (Wildman–Crippen MR) is 57.2 cm³/mol. The fourth-order valence-corrected chi connectivity index (χ4v) is 0.741. The van der Waals surface area contributed by atoms with Crippen LogP contribution in [0, 0.1) is 11.3 Å². The van der Waals surface area contributed by atoms with Crippen molar-refractivity contribution in [3.05, 3.63) is 0 Å². The molecule has 0 aromatic rings.